The summed E-state index contributed by atoms with van der Waals surface area (Å²) in [7, 11) is 0. The second-order valence-electron chi connectivity index (χ2n) is 5.96. The van der Waals surface area contributed by atoms with Crippen LogP contribution in [0.2, 0.25) is 0 Å². The van der Waals surface area contributed by atoms with Gasteiger partial charge in [-0.15, -0.1) is 11.3 Å². The molecule has 0 N–H and O–H groups in total. The summed E-state index contributed by atoms with van der Waals surface area (Å²) in [5.41, 5.74) is 2.56. The summed E-state index contributed by atoms with van der Waals surface area (Å²) in [6.07, 6.45) is 10.3. The third-order valence-corrected chi connectivity index (χ3v) is 5.47. The van der Waals surface area contributed by atoms with Gasteiger partial charge in [0.1, 0.15) is 0 Å². The highest BCUT2D eigenvalue weighted by molar-refractivity contribution is 7.13. The minimum Gasteiger partial charge on any atom is -0.260 e. The van der Waals surface area contributed by atoms with Crippen molar-refractivity contribution in [1.29, 1.82) is 0 Å². The van der Waals surface area contributed by atoms with Gasteiger partial charge in [-0.2, -0.15) is 0 Å². The first-order valence-electron chi connectivity index (χ1n) is 7.86. The van der Waals surface area contributed by atoms with Crippen LogP contribution in [0.25, 0.3) is 10.4 Å². The third-order valence-electron chi connectivity index (χ3n) is 4.55. The summed E-state index contributed by atoms with van der Waals surface area (Å²) in [4.78, 5) is 6.05. The smallest absolute Gasteiger partial charge is 0.0434 e. The maximum atomic E-state index is 4.74. The van der Waals surface area contributed by atoms with Gasteiger partial charge >= 0.3 is 0 Å². The van der Waals surface area contributed by atoms with Crippen LogP contribution in [-0.2, 0) is 0 Å². The molecule has 2 heterocycles. The lowest BCUT2D eigenvalue weighted by Gasteiger charge is -2.28. The van der Waals surface area contributed by atoms with Gasteiger partial charge in [0.15, 0.2) is 0 Å². The second-order valence-corrected chi connectivity index (χ2v) is 6.90. The molecular weight excluding hydrogens is 262 g/mol. The van der Waals surface area contributed by atoms with E-state index in [1.807, 2.05) is 0 Å². The molecule has 2 aromatic rings. The molecule has 2 heteroatoms. The summed E-state index contributed by atoms with van der Waals surface area (Å²) in [6.45, 7) is 2.30. The number of pyridine rings is 1. The van der Waals surface area contributed by atoms with Crippen molar-refractivity contribution in [2.45, 2.75) is 51.4 Å². The Morgan fingerprint density at radius 1 is 1.15 bits per heavy atom. The lowest BCUT2D eigenvalue weighted by atomic mass is 9.78. The lowest BCUT2D eigenvalue weighted by Crippen LogP contribution is -2.14. The number of rotatable bonds is 4. The van der Waals surface area contributed by atoms with E-state index in [2.05, 4.69) is 42.8 Å². The van der Waals surface area contributed by atoms with Gasteiger partial charge < -0.3 is 0 Å². The van der Waals surface area contributed by atoms with Gasteiger partial charge in [0.25, 0.3) is 0 Å². The van der Waals surface area contributed by atoms with E-state index in [9.17, 15) is 0 Å². The molecule has 0 aliphatic heterocycles. The maximum absolute atomic E-state index is 4.74. The first kappa shape index (κ1) is 13.8. The molecule has 0 aromatic carbocycles. The van der Waals surface area contributed by atoms with Gasteiger partial charge in [-0.05, 0) is 49.1 Å². The average Bonchev–Trinajstić information content (AvgIpc) is 3.03. The highest BCUT2D eigenvalue weighted by Crippen LogP contribution is 2.37. The van der Waals surface area contributed by atoms with E-state index in [0.29, 0.717) is 5.92 Å². The predicted molar refractivity (Wildman–Crippen MR) is 87.2 cm³/mol. The molecule has 1 aliphatic rings. The van der Waals surface area contributed by atoms with Crippen molar-refractivity contribution in [1.82, 2.24) is 4.98 Å². The van der Waals surface area contributed by atoms with Crippen LogP contribution in [-0.4, -0.2) is 4.98 Å². The number of nitrogens with zero attached hydrogens (tertiary/aromatic N) is 1. The van der Waals surface area contributed by atoms with Gasteiger partial charge in [-0.3, -0.25) is 4.98 Å². The van der Waals surface area contributed by atoms with Crippen molar-refractivity contribution in [2.24, 2.45) is 5.92 Å². The number of aromatic nitrogens is 1. The van der Waals surface area contributed by atoms with Gasteiger partial charge in [0, 0.05) is 28.2 Å². The van der Waals surface area contributed by atoms with Gasteiger partial charge in [-0.25, -0.2) is 0 Å². The molecule has 0 amide bonds. The van der Waals surface area contributed by atoms with Crippen LogP contribution in [0.4, 0.5) is 0 Å². The minimum atomic E-state index is 0.695. The Morgan fingerprint density at radius 3 is 2.60 bits per heavy atom. The molecule has 1 nitrogen and oxygen atoms in total. The quantitative estimate of drug-likeness (QED) is 0.683. The monoisotopic (exact) mass is 285 g/mol. The van der Waals surface area contributed by atoms with Gasteiger partial charge in [0.05, 0.1) is 0 Å². The van der Waals surface area contributed by atoms with Crippen molar-refractivity contribution < 1.29 is 0 Å². The molecule has 106 valence electrons. The molecule has 0 spiro atoms. The Bertz CT molecular complexity index is 507. The minimum absolute atomic E-state index is 0.695. The van der Waals surface area contributed by atoms with Crippen LogP contribution >= 0.6 is 11.3 Å². The Balaban J connectivity index is 1.64. The van der Waals surface area contributed by atoms with Crippen LogP contribution in [0.15, 0.2) is 35.8 Å². The van der Waals surface area contributed by atoms with Crippen LogP contribution in [0.1, 0.15) is 57.1 Å². The van der Waals surface area contributed by atoms with Crippen molar-refractivity contribution in [3.63, 3.8) is 0 Å². The first-order valence-corrected chi connectivity index (χ1v) is 8.74. The zero-order chi connectivity index (χ0) is 13.8. The molecule has 1 fully saturated rings. The molecule has 0 radical (unpaired) electrons. The molecule has 0 atom stereocenters. The van der Waals surface area contributed by atoms with E-state index in [1.54, 1.807) is 11.3 Å². The Hall–Kier alpha value is -1.15. The summed E-state index contributed by atoms with van der Waals surface area (Å²) < 4.78 is 0. The van der Waals surface area contributed by atoms with E-state index >= 15 is 0 Å². The highest BCUT2D eigenvalue weighted by atomic mass is 32.1. The van der Waals surface area contributed by atoms with E-state index in [4.69, 9.17) is 4.98 Å². The molecule has 1 aliphatic carbocycles. The fraction of sp³-hybridized carbons (Fsp3) is 0.500. The van der Waals surface area contributed by atoms with Crippen molar-refractivity contribution in [3.8, 4) is 10.4 Å². The van der Waals surface area contributed by atoms with Crippen molar-refractivity contribution in [2.75, 3.05) is 0 Å². The summed E-state index contributed by atoms with van der Waals surface area (Å²) in [5.74, 6) is 1.67. The molecule has 20 heavy (non-hydrogen) atoms. The van der Waals surface area contributed by atoms with E-state index in [0.717, 1.165) is 5.92 Å². The summed E-state index contributed by atoms with van der Waals surface area (Å²) in [5, 5.41) is 2.12. The Kier molecular flexibility index (Phi) is 4.51. The van der Waals surface area contributed by atoms with Crippen LogP contribution < -0.4 is 0 Å². The normalized spacial score (nSPS) is 22.9. The molecule has 2 aromatic heterocycles. The van der Waals surface area contributed by atoms with Crippen LogP contribution in [0, 0.1) is 5.92 Å². The number of hydrogen-bond donors (Lipinski definition) is 0. The second kappa shape index (κ2) is 6.53. The Morgan fingerprint density at radius 2 is 2.00 bits per heavy atom. The zero-order valence-corrected chi connectivity index (χ0v) is 13.0. The Labute approximate surface area is 126 Å². The van der Waals surface area contributed by atoms with E-state index < -0.39 is 0 Å². The molecule has 1 saturated carbocycles. The van der Waals surface area contributed by atoms with Crippen molar-refractivity contribution >= 4 is 11.3 Å². The van der Waals surface area contributed by atoms with Gasteiger partial charge in [-0.1, -0.05) is 31.9 Å². The largest absolute Gasteiger partial charge is 0.260 e. The fourth-order valence-corrected chi connectivity index (χ4v) is 4.11. The number of thiophene rings is 1. The summed E-state index contributed by atoms with van der Waals surface area (Å²) >= 11 is 1.78. The topological polar surface area (TPSA) is 12.9 Å². The van der Waals surface area contributed by atoms with Crippen LogP contribution in [0.3, 0.4) is 0 Å². The number of hydrogen-bond acceptors (Lipinski definition) is 2. The van der Waals surface area contributed by atoms with E-state index in [-0.39, 0.29) is 0 Å². The SMILES string of the molecule is CCCC1CCC(c2ccc(-c3cccs3)cn2)CC1. The summed E-state index contributed by atoms with van der Waals surface area (Å²) in [6, 6.07) is 8.76. The molecule has 0 unspecified atom stereocenters. The zero-order valence-electron chi connectivity index (χ0n) is 12.2. The molecule has 0 bridgehead atoms. The van der Waals surface area contributed by atoms with Gasteiger partial charge in [0.2, 0.25) is 0 Å². The predicted octanol–water partition coefficient (Wildman–Crippen LogP) is 5.88. The van der Waals surface area contributed by atoms with Crippen molar-refractivity contribution in [3.05, 3.63) is 41.5 Å². The molecule has 3 rings (SSSR count). The maximum Gasteiger partial charge on any atom is 0.0434 e. The first-order chi connectivity index (χ1) is 9.86. The van der Waals surface area contributed by atoms with E-state index in [1.165, 1.54) is 54.7 Å². The standard InChI is InChI=1S/C18H23NS/c1-2-4-14-6-8-15(9-7-14)17-11-10-16(13-19-17)18-5-3-12-20-18/h3,5,10-15H,2,4,6-9H2,1H3. The molecule has 0 saturated heterocycles. The fourth-order valence-electron chi connectivity index (χ4n) is 3.39. The average molecular weight is 285 g/mol. The van der Waals surface area contributed by atoms with Crippen LogP contribution in [0.5, 0.6) is 0 Å². The molecular formula is C18H23NS. The lowest BCUT2D eigenvalue weighted by molar-refractivity contribution is 0.305. The highest BCUT2D eigenvalue weighted by Gasteiger charge is 2.22. The third kappa shape index (κ3) is 3.12.